The van der Waals surface area contributed by atoms with Crippen molar-refractivity contribution in [3.8, 4) is 0 Å². The van der Waals surface area contributed by atoms with Crippen LogP contribution in [0.25, 0.3) is 17.0 Å². The number of methoxy groups -OCH3 is 1. The van der Waals surface area contributed by atoms with Gasteiger partial charge in [0.15, 0.2) is 0 Å². The van der Waals surface area contributed by atoms with Gasteiger partial charge < -0.3 is 19.1 Å². The van der Waals surface area contributed by atoms with Gasteiger partial charge in [-0.15, -0.1) is 0 Å². The monoisotopic (exact) mass is 511 g/mol. The van der Waals surface area contributed by atoms with Crippen molar-refractivity contribution in [1.82, 2.24) is 14.4 Å². The Morgan fingerprint density at radius 2 is 1.75 bits per heavy atom. The van der Waals surface area contributed by atoms with Crippen LogP contribution in [0.4, 0.5) is 4.39 Å². The van der Waals surface area contributed by atoms with Crippen LogP contribution in [0.3, 0.4) is 0 Å². The molecule has 0 spiro atoms. The zero-order chi connectivity index (χ0) is 26.0. The smallest absolute Gasteiger partial charge is 0.294 e. The molecule has 0 radical (unpaired) electrons. The number of fused-ring (bicyclic) bond motifs is 1. The molecule has 1 saturated heterocycles. The standard InChI is InChI=1S/C27H27ClFN3O4/c1-30(2)27(35)25(33)22-15-32(16-36-3)24-14-23(28)21(13-20(22)24)26(34)31-10-8-18(9-11-31)12-17-4-6-19(29)7-5-17/h4-7,12-15H,8-11,16H2,1-3H3. The molecule has 0 aliphatic carbocycles. The number of benzene rings is 2. The molecule has 3 aromatic rings. The minimum absolute atomic E-state index is 0.152. The highest BCUT2D eigenvalue weighted by Gasteiger charge is 2.27. The summed E-state index contributed by atoms with van der Waals surface area (Å²) in [5.41, 5.74) is 3.16. The average Bonchev–Trinajstić information content (AvgIpc) is 3.21. The zero-order valence-corrected chi connectivity index (χ0v) is 21.1. The lowest BCUT2D eigenvalue weighted by atomic mass is 9.99. The molecule has 0 bridgehead atoms. The number of piperidine rings is 1. The molecule has 0 N–H and O–H groups in total. The number of likely N-dealkylation sites (tertiary alicyclic amines) is 1. The first-order valence-electron chi connectivity index (χ1n) is 11.5. The van der Waals surface area contributed by atoms with Crippen LogP contribution < -0.4 is 0 Å². The summed E-state index contributed by atoms with van der Waals surface area (Å²) in [4.78, 5) is 41.6. The van der Waals surface area contributed by atoms with E-state index < -0.39 is 11.7 Å². The van der Waals surface area contributed by atoms with Crippen molar-refractivity contribution in [2.24, 2.45) is 0 Å². The maximum atomic E-state index is 13.4. The molecule has 9 heteroatoms. The third-order valence-corrected chi connectivity index (χ3v) is 6.56. The summed E-state index contributed by atoms with van der Waals surface area (Å²) < 4.78 is 20.1. The molecule has 1 aliphatic rings. The van der Waals surface area contributed by atoms with Crippen LogP contribution in [0.1, 0.15) is 39.1 Å². The number of likely N-dealkylation sites (N-methyl/N-ethyl adjacent to an activating group) is 1. The lowest BCUT2D eigenvalue weighted by Crippen LogP contribution is -2.36. The number of carbonyl (C=O) groups excluding carboxylic acids is 3. The van der Waals surface area contributed by atoms with Crippen LogP contribution in [-0.4, -0.2) is 66.3 Å². The number of amides is 2. The Morgan fingerprint density at radius 3 is 2.36 bits per heavy atom. The molecular weight excluding hydrogens is 485 g/mol. The SMILES string of the molecule is COCn1cc(C(=O)C(=O)N(C)C)c2cc(C(=O)N3CCC(=Cc4ccc(F)cc4)CC3)c(Cl)cc21. The predicted molar refractivity (Wildman–Crippen MR) is 136 cm³/mol. The first kappa shape index (κ1) is 25.6. The van der Waals surface area contributed by atoms with Crippen molar-refractivity contribution < 1.29 is 23.5 Å². The lowest BCUT2D eigenvalue weighted by molar-refractivity contribution is -0.124. The van der Waals surface area contributed by atoms with E-state index in [0.717, 1.165) is 5.56 Å². The van der Waals surface area contributed by atoms with Gasteiger partial charge in [-0.2, -0.15) is 0 Å². The quantitative estimate of drug-likeness (QED) is 0.357. The van der Waals surface area contributed by atoms with Crippen LogP contribution in [0.2, 0.25) is 5.02 Å². The fraction of sp³-hybridized carbons (Fsp3) is 0.296. The molecule has 7 nitrogen and oxygen atoms in total. The third kappa shape index (κ3) is 5.20. The molecule has 1 aliphatic heterocycles. The van der Waals surface area contributed by atoms with E-state index in [2.05, 4.69) is 0 Å². The number of Topliss-reactive ketones (excluding diaryl/α,β-unsaturated/α-hetero) is 1. The molecule has 188 valence electrons. The summed E-state index contributed by atoms with van der Waals surface area (Å²) >= 11 is 6.54. The molecule has 0 unspecified atom stereocenters. The largest absolute Gasteiger partial charge is 0.364 e. The number of hydrogen-bond donors (Lipinski definition) is 0. The van der Waals surface area contributed by atoms with E-state index in [1.165, 1.54) is 43.8 Å². The van der Waals surface area contributed by atoms with E-state index in [4.69, 9.17) is 16.3 Å². The van der Waals surface area contributed by atoms with Gasteiger partial charge in [-0.3, -0.25) is 14.4 Å². The Balaban J connectivity index is 1.61. The number of ketones is 1. The van der Waals surface area contributed by atoms with Gasteiger partial charge in [-0.05, 0) is 42.7 Å². The van der Waals surface area contributed by atoms with E-state index in [0.29, 0.717) is 36.8 Å². The topological polar surface area (TPSA) is 71.8 Å². The summed E-state index contributed by atoms with van der Waals surface area (Å²) in [6.07, 6.45) is 4.96. The Kier molecular flexibility index (Phi) is 7.56. The van der Waals surface area contributed by atoms with Crippen molar-refractivity contribution in [3.05, 3.63) is 75.7 Å². The van der Waals surface area contributed by atoms with Crippen molar-refractivity contribution >= 4 is 46.2 Å². The van der Waals surface area contributed by atoms with Gasteiger partial charge in [0.25, 0.3) is 17.6 Å². The first-order valence-corrected chi connectivity index (χ1v) is 11.9. The third-order valence-electron chi connectivity index (χ3n) is 6.25. The van der Waals surface area contributed by atoms with Crippen molar-refractivity contribution in [3.63, 3.8) is 0 Å². The Morgan fingerprint density at radius 1 is 1.08 bits per heavy atom. The fourth-order valence-corrected chi connectivity index (χ4v) is 4.57. The summed E-state index contributed by atoms with van der Waals surface area (Å²) in [7, 11) is 4.54. The molecule has 0 saturated carbocycles. The van der Waals surface area contributed by atoms with Gasteiger partial charge in [-0.1, -0.05) is 35.4 Å². The number of carbonyl (C=O) groups is 3. The fourth-order valence-electron chi connectivity index (χ4n) is 4.33. The maximum Gasteiger partial charge on any atom is 0.294 e. The highest BCUT2D eigenvalue weighted by atomic mass is 35.5. The second kappa shape index (κ2) is 10.6. The van der Waals surface area contributed by atoms with Gasteiger partial charge in [-0.25, -0.2) is 4.39 Å². The molecule has 0 atom stereocenters. The van der Waals surface area contributed by atoms with Crippen molar-refractivity contribution in [2.75, 3.05) is 34.3 Å². The molecule has 2 amide bonds. The number of hydrogen-bond acceptors (Lipinski definition) is 4. The van der Waals surface area contributed by atoms with E-state index in [9.17, 15) is 18.8 Å². The van der Waals surface area contributed by atoms with Gasteiger partial charge in [0, 0.05) is 45.9 Å². The van der Waals surface area contributed by atoms with E-state index in [1.54, 1.807) is 39.9 Å². The van der Waals surface area contributed by atoms with Crippen LogP contribution >= 0.6 is 11.6 Å². The van der Waals surface area contributed by atoms with Gasteiger partial charge in [0.05, 0.1) is 21.7 Å². The Hall–Kier alpha value is -3.49. The van der Waals surface area contributed by atoms with Crippen molar-refractivity contribution in [1.29, 1.82) is 0 Å². The second-order valence-corrected chi connectivity index (χ2v) is 9.36. The molecule has 1 aromatic heterocycles. The number of ether oxygens (including phenoxy) is 1. The summed E-state index contributed by atoms with van der Waals surface area (Å²) in [5.74, 6) is -1.85. The first-order chi connectivity index (χ1) is 17.2. The second-order valence-electron chi connectivity index (χ2n) is 8.95. The minimum atomic E-state index is -0.672. The molecule has 4 rings (SSSR count). The van der Waals surface area contributed by atoms with Crippen LogP contribution in [0.5, 0.6) is 0 Å². The highest BCUT2D eigenvalue weighted by Crippen LogP contribution is 2.31. The van der Waals surface area contributed by atoms with Crippen LogP contribution in [0.15, 0.2) is 48.2 Å². The number of rotatable bonds is 6. The Labute approximate surface area is 213 Å². The lowest BCUT2D eigenvalue weighted by Gasteiger charge is -2.29. The highest BCUT2D eigenvalue weighted by molar-refractivity contribution is 6.45. The van der Waals surface area contributed by atoms with Gasteiger partial charge in [0.2, 0.25) is 0 Å². The average molecular weight is 512 g/mol. The van der Waals surface area contributed by atoms with Crippen LogP contribution in [-0.2, 0) is 16.3 Å². The predicted octanol–water partition coefficient (Wildman–Crippen LogP) is 4.63. The molecule has 36 heavy (non-hydrogen) atoms. The minimum Gasteiger partial charge on any atom is -0.364 e. The van der Waals surface area contributed by atoms with Crippen molar-refractivity contribution in [2.45, 2.75) is 19.6 Å². The Bertz CT molecular complexity index is 1350. The van der Waals surface area contributed by atoms with Crippen LogP contribution in [0, 0.1) is 5.82 Å². The normalized spacial score (nSPS) is 13.7. The zero-order valence-electron chi connectivity index (χ0n) is 20.4. The van der Waals surface area contributed by atoms with E-state index in [1.807, 2.05) is 6.08 Å². The summed E-state index contributed by atoms with van der Waals surface area (Å²) in [6.45, 7) is 1.17. The van der Waals surface area contributed by atoms with Gasteiger partial charge in [0.1, 0.15) is 12.5 Å². The molecule has 2 aromatic carbocycles. The number of nitrogens with zero attached hydrogens (tertiary/aromatic N) is 3. The number of aromatic nitrogens is 1. The molecule has 1 fully saturated rings. The molecule has 2 heterocycles. The summed E-state index contributed by atoms with van der Waals surface area (Å²) in [5, 5.41) is 0.724. The van der Waals surface area contributed by atoms with E-state index >= 15 is 0 Å². The van der Waals surface area contributed by atoms with Gasteiger partial charge >= 0.3 is 0 Å². The van der Waals surface area contributed by atoms with E-state index in [-0.39, 0.29) is 34.6 Å². The molecular formula is C27H27ClFN3O4. The number of halogens is 2. The summed E-state index contributed by atoms with van der Waals surface area (Å²) in [6, 6.07) is 9.52. The maximum absolute atomic E-state index is 13.4.